The standard InChI is InChI=1S/C25H17Br/c26-23-15-7-14-22-24(23)18-10-3-6-13-21(18)25(22)19-11-4-1-8-16(19)17-9-2-5-12-20(17)25/h1-5,7-12,14-15H,6,13H2. The first-order valence-corrected chi connectivity index (χ1v) is 10.0. The third kappa shape index (κ3) is 1.57. The first-order valence-electron chi connectivity index (χ1n) is 9.22. The molecule has 0 saturated carbocycles. The molecule has 26 heavy (non-hydrogen) atoms. The summed E-state index contributed by atoms with van der Waals surface area (Å²) in [5, 5.41) is 0. The highest BCUT2D eigenvalue weighted by atomic mass is 79.9. The van der Waals surface area contributed by atoms with Crippen molar-refractivity contribution < 1.29 is 0 Å². The maximum absolute atomic E-state index is 3.85. The van der Waals surface area contributed by atoms with E-state index in [0.29, 0.717) is 0 Å². The number of allylic oxidation sites excluding steroid dienone is 4. The maximum atomic E-state index is 3.85. The summed E-state index contributed by atoms with van der Waals surface area (Å²) in [6.07, 6.45) is 6.92. The average Bonchev–Trinajstić information content (AvgIpc) is 3.16. The molecule has 0 saturated heterocycles. The second kappa shape index (κ2) is 5.08. The number of hydrogen-bond donors (Lipinski definition) is 0. The van der Waals surface area contributed by atoms with Crippen LogP contribution in [0.1, 0.15) is 35.1 Å². The van der Waals surface area contributed by atoms with Crippen LogP contribution in [0.2, 0.25) is 0 Å². The normalized spacial score (nSPS) is 17.9. The van der Waals surface area contributed by atoms with Crippen LogP contribution in [-0.2, 0) is 5.41 Å². The minimum Gasteiger partial charge on any atom is -0.0836 e. The van der Waals surface area contributed by atoms with E-state index in [1.54, 1.807) is 5.57 Å². The van der Waals surface area contributed by atoms with Gasteiger partial charge in [-0.3, -0.25) is 0 Å². The fraction of sp³-hybridized carbons (Fsp3) is 0.120. The van der Waals surface area contributed by atoms with E-state index in [1.165, 1.54) is 43.4 Å². The van der Waals surface area contributed by atoms with Gasteiger partial charge in [-0.25, -0.2) is 0 Å². The Labute approximate surface area is 162 Å². The molecule has 0 atom stereocenters. The Balaban J connectivity index is 1.85. The molecule has 0 radical (unpaired) electrons. The van der Waals surface area contributed by atoms with Crippen molar-refractivity contribution in [3.63, 3.8) is 0 Å². The maximum Gasteiger partial charge on any atom is 0.0688 e. The highest BCUT2D eigenvalue weighted by molar-refractivity contribution is 9.10. The summed E-state index contributed by atoms with van der Waals surface area (Å²) in [5.41, 5.74) is 11.3. The highest BCUT2D eigenvalue weighted by Crippen LogP contribution is 2.64. The van der Waals surface area contributed by atoms with Crippen molar-refractivity contribution in [2.45, 2.75) is 18.3 Å². The van der Waals surface area contributed by atoms with Crippen molar-refractivity contribution in [3.05, 3.63) is 111 Å². The lowest BCUT2D eigenvalue weighted by Gasteiger charge is -2.33. The predicted molar refractivity (Wildman–Crippen MR) is 111 cm³/mol. The first kappa shape index (κ1) is 14.8. The minimum absolute atomic E-state index is 0.133. The van der Waals surface area contributed by atoms with Gasteiger partial charge in [-0.2, -0.15) is 0 Å². The summed E-state index contributed by atoms with van der Waals surface area (Å²) < 4.78 is 1.20. The predicted octanol–water partition coefficient (Wildman–Crippen LogP) is 6.88. The summed E-state index contributed by atoms with van der Waals surface area (Å²) in [6, 6.07) is 24.7. The zero-order chi connectivity index (χ0) is 17.3. The monoisotopic (exact) mass is 396 g/mol. The van der Waals surface area contributed by atoms with Gasteiger partial charge in [0.1, 0.15) is 0 Å². The van der Waals surface area contributed by atoms with Crippen LogP contribution in [0.4, 0.5) is 0 Å². The second-order valence-electron chi connectivity index (χ2n) is 7.34. The molecular formula is C25H17Br. The van der Waals surface area contributed by atoms with Crippen molar-refractivity contribution in [2.24, 2.45) is 0 Å². The fourth-order valence-electron chi connectivity index (χ4n) is 5.41. The van der Waals surface area contributed by atoms with E-state index in [4.69, 9.17) is 0 Å². The van der Waals surface area contributed by atoms with E-state index in [2.05, 4.69) is 94.8 Å². The highest BCUT2D eigenvalue weighted by Gasteiger charge is 2.52. The summed E-state index contributed by atoms with van der Waals surface area (Å²) in [5.74, 6) is 0. The molecule has 0 unspecified atom stereocenters. The molecule has 0 fully saturated rings. The average molecular weight is 397 g/mol. The molecule has 0 amide bonds. The molecular weight excluding hydrogens is 380 g/mol. The molecule has 1 heteroatoms. The molecule has 3 aliphatic rings. The van der Waals surface area contributed by atoms with Crippen LogP contribution in [-0.4, -0.2) is 0 Å². The number of fused-ring (bicyclic) bond motifs is 9. The molecule has 0 aliphatic heterocycles. The molecule has 124 valence electrons. The molecule has 0 aromatic heterocycles. The SMILES string of the molecule is Brc1cccc2c1C1=C(CCC=C1)C21c2ccccc2-c2ccccc21. The lowest BCUT2D eigenvalue weighted by molar-refractivity contribution is 0.714. The van der Waals surface area contributed by atoms with Crippen LogP contribution in [0.3, 0.4) is 0 Å². The molecule has 1 spiro atoms. The summed E-state index contributed by atoms with van der Waals surface area (Å²) in [4.78, 5) is 0. The molecule has 3 aliphatic carbocycles. The van der Waals surface area contributed by atoms with E-state index in [1.807, 2.05) is 0 Å². The lowest BCUT2D eigenvalue weighted by atomic mass is 9.68. The van der Waals surface area contributed by atoms with Gasteiger partial charge < -0.3 is 0 Å². The van der Waals surface area contributed by atoms with Crippen molar-refractivity contribution >= 4 is 21.5 Å². The molecule has 0 bridgehead atoms. The van der Waals surface area contributed by atoms with E-state index >= 15 is 0 Å². The van der Waals surface area contributed by atoms with Crippen LogP contribution in [0.15, 0.2) is 88.9 Å². The van der Waals surface area contributed by atoms with Gasteiger partial charge >= 0.3 is 0 Å². The number of benzene rings is 3. The minimum atomic E-state index is -0.133. The van der Waals surface area contributed by atoms with E-state index in [9.17, 15) is 0 Å². The Morgan fingerprint density at radius 2 is 1.38 bits per heavy atom. The molecule has 3 aromatic carbocycles. The van der Waals surface area contributed by atoms with Gasteiger partial charge in [-0.1, -0.05) is 88.7 Å². The number of hydrogen-bond acceptors (Lipinski definition) is 0. The summed E-state index contributed by atoms with van der Waals surface area (Å²) >= 11 is 3.85. The Bertz CT molecular complexity index is 1100. The van der Waals surface area contributed by atoms with Gasteiger partial charge in [0.2, 0.25) is 0 Å². The van der Waals surface area contributed by atoms with Crippen molar-refractivity contribution in [1.29, 1.82) is 0 Å². The number of halogens is 1. The van der Waals surface area contributed by atoms with Gasteiger partial charge in [0.05, 0.1) is 5.41 Å². The van der Waals surface area contributed by atoms with Gasteiger partial charge in [-0.05, 0) is 57.9 Å². The molecule has 3 aromatic rings. The third-order valence-corrected chi connectivity index (χ3v) is 6.92. The molecule has 6 rings (SSSR count). The topological polar surface area (TPSA) is 0 Å². The van der Waals surface area contributed by atoms with E-state index in [0.717, 1.165) is 12.8 Å². The first-order chi connectivity index (χ1) is 12.8. The van der Waals surface area contributed by atoms with Crippen LogP contribution < -0.4 is 0 Å². The Hall–Kier alpha value is -2.38. The van der Waals surface area contributed by atoms with Crippen LogP contribution in [0.25, 0.3) is 16.7 Å². The zero-order valence-electron chi connectivity index (χ0n) is 14.3. The summed E-state index contributed by atoms with van der Waals surface area (Å²) in [6.45, 7) is 0. The number of rotatable bonds is 0. The fourth-order valence-corrected chi connectivity index (χ4v) is 5.99. The molecule has 0 N–H and O–H groups in total. The van der Waals surface area contributed by atoms with Gasteiger partial charge in [-0.15, -0.1) is 0 Å². The molecule has 0 nitrogen and oxygen atoms in total. The van der Waals surface area contributed by atoms with Crippen molar-refractivity contribution in [2.75, 3.05) is 0 Å². The van der Waals surface area contributed by atoms with Crippen molar-refractivity contribution in [3.8, 4) is 11.1 Å². The van der Waals surface area contributed by atoms with Crippen molar-refractivity contribution in [1.82, 2.24) is 0 Å². The smallest absolute Gasteiger partial charge is 0.0688 e. The largest absolute Gasteiger partial charge is 0.0836 e. The van der Waals surface area contributed by atoms with E-state index < -0.39 is 0 Å². The zero-order valence-corrected chi connectivity index (χ0v) is 15.9. The van der Waals surface area contributed by atoms with Crippen LogP contribution >= 0.6 is 15.9 Å². The van der Waals surface area contributed by atoms with Crippen LogP contribution in [0.5, 0.6) is 0 Å². The molecule has 0 heterocycles. The van der Waals surface area contributed by atoms with Crippen LogP contribution in [0, 0.1) is 0 Å². The lowest BCUT2D eigenvalue weighted by Crippen LogP contribution is -2.27. The third-order valence-electron chi connectivity index (χ3n) is 6.26. The Morgan fingerprint density at radius 3 is 2.12 bits per heavy atom. The van der Waals surface area contributed by atoms with Gasteiger partial charge in [0.25, 0.3) is 0 Å². The van der Waals surface area contributed by atoms with E-state index in [-0.39, 0.29) is 5.41 Å². The summed E-state index contributed by atoms with van der Waals surface area (Å²) in [7, 11) is 0. The quantitative estimate of drug-likeness (QED) is 0.388. The second-order valence-corrected chi connectivity index (χ2v) is 8.19. The van der Waals surface area contributed by atoms with Gasteiger partial charge in [0, 0.05) is 10.0 Å². The van der Waals surface area contributed by atoms with Gasteiger partial charge in [0.15, 0.2) is 0 Å². The Kier molecular flexibility index (Phi) is 2.88. The Morgan fingerprint density at radius 1 is 0.731 bits per heavy atom.